The van der Waals surface area contributed by atoms with Crippen LogP contribution in [0.15, 0.2) is 30.3 Å². The number of halogens is 2. The fourth-order valence-electron chi connectivity index (χ4n) is 1.38. The molecule has 1 aromatic rings. The van der Waals surface area contributed by atoms with Crippen LogP contribution in [0.5, 0.6) is 0 Å². The zero-order chi connectivity index (χ0) is 10.8. The Labute approximate surface area is 116 Å². The fourth-order valence-corrected chi connectivity index (χ4v) is 1.38. The summed E-state index contributed by atoms with van der Waals surface area (Å²) in [6.45, 7) is 3.76. The van der Waals surface area contributed by atoms with Crippen molar-refractivity contribution in [2.75, 3.05) is 32.8 Å². The van der Waals surface area contributed by atoms with Crippen molar-refractivity contribution in [3.8, 4) is 0 Å². The van der Waals surface area contributed by atoms with Gasteiger partial charge < -0.3 is 15.7 Å². The lowest BCUT2D eigenvalue weighted by molar-refractivity contribution is 0.292. The lowest BCUT2D eigenvalue weighted by Crippen LogP contribution is -2.30. The van der Waals surface area contributed by atoms with Crippen LogP contribution >= 0.6 is 24.8 Å². The van der Waals surface area contributed by atoms with E-state index in [1.54, 1.807) is 0 Å². The Morgan fingerprint density at radius 3 is 2.00 bits per heavy atom. The summed E-state index contributed by atoms with van der Waals surface area (Å²) in [6.07, 6.45) is 1.07. The summed E-state index contributed by atoms with van der Waals surface area (Å²) in [7, 11) is 0. The number of aliphatic hydroxyl groups is 1. The quantitative estimate of drug-likeness (QED) is 0.628. The highest BCUT2D eigenvalue weighted by atomic mass is 35.5. The second-order valence-corrected chi connectivity index (χ2v) is 3.46. The first kappa shape index (κ1) is 19.0. The Balaban J connectivity index is 0. The Bertz CT molecular complexity index is 248. The van der Waals surface area contributed by atoms with Crippen LogP contribution in [0.4, 0.5) is 0 Å². The minimum Gasteiger partial charge on any atom is -0.395 e. The van der Waals surface area contributed by atoms with E-state index >= 15 is 0 Å². The van der Waals surface area contributed by atoms with E-state index in [1.165, 1.54) is 5.56 Å². The van der Waals surface area contributed by atoms with Crippen molar-refractivity contribution in [1.82, 2.24) is 10.6 Å². The maximum Gasteiger partial charge on any atom is 0.0555 e. The summed E-state index contributed by atoms with van der Waals surface area (Å²) in [5.41, 5.74) is 1.37. The highest BCUT2D eigenvalue weighted by molar-refractivity contribution is 5.85. The minimum atomic E-state index is 0. The van der Waals surface area contributed by atoms with Gasteiger partial charge in [-0.2, -0.15) is 0 Å². The number of rotatable bonds is 8. The van der Waals surface area contributed by atoms with Gasteiger partial charge in [0.2, 0.25) is 0 Å². The SMILES string of the molecule is Cl.Cl.OCCNCCNCCc1ccccc1. The van der Waals surface area contributed by atoms with Gasteiger partial charge in [0.25, 0.3) is 0 Å². The Hall–Kier alpha value is -0.320. The average molecular weight is 281 g/mol. The first-order valence-electron chi connectivity index (χ1n) is 5.49. The highest BCUT2D eigenvalue weighted by Gasteiger charge is 1.91. The number of aliphatic hydroxyl groups excluding tert-OH is 1. The standard InChI is InChI=1S/C12H20N2O.2ClH/c15-11-10-14-9-8-13-7-6-12-4-2-1-3-5-12;;/h1-5,13-15H,6-11H2;2*1H. The maximum absolute atomic E-state index is 8.53. The van der Waals surface area contributed by atoms with Crippen molar-refractivity contribution in [1.29, 1.82) is 0 Å². The van der Waals surface area contributed by atoms with Crippen LogP contribution in [0.2, 0.25) is 0 Å². The third-order valence-corrected chi connectivity index (χ3v) is 2.20. The molecule has 0 spiro atoms. The van der Waals surface area contributed by atoms with Gasteiger partial charge in [-0.15, -0.1) is 24.8 Å². The molecule has 0 atom stereocenters. The van der Waals surface area contributed by atoms with Gasteiger partial charge >= 0.3 is 0 Å². The van der Waals surface area contributed by atoms with E-state index in [4.69, 9.17) is 5.11 Å². The van der Waals surface area contributed by atoms with Crippen LogP contribution < -0.4 is 10.6 Å². The fraction of sp³-hybridized carbons (Fsp3) is 0.500. The van der Waals surface area contributed by atoms with Gasteiger partial charge in [0, 0.05) is 19.6 Å². The molecule has 0 aliphatic carbocycles. The Kier molecular flexibility index (Phi) is 15.4. The first-order valence-corrected chi connectivity index (χ1v) is 5.49. The zero-order valence-corrected chi connectivity index (χ0v) is 11.5. The van der Waals surface area contributed by atoms with E-state index in [9.17, 15) is 0 Å². The van der Waals surface area contributed by atoms with Crippen molar-refractivity contribution in [3.05, 3.63) is 35.9 Å². The molecule has 1 aromatic carbocycles. The molecule has 1 rings (SSSR count). The monoisotopic (exact) mass is 280 g/mol. The molecule has 100 valence electrons. The Morgan fingerprint density at radius 1 is 0.824 bits per heavy atom. The van der Waals surface area contributed by atoms with Gasteiger partial charge in [-0.1, -0.05) is 30.3 Å². The van der Waals surface area contributed by atoms with E-state index in [0.717, 1.165) is 26.1 Å². The molecule has 0 aliphatic rings. The van der Waals surface area contributed by atoms with E-state index in [2.05, 4.69) is 34.9 Å². The number of benzene rings is 1. The zero-order valence-electron chi connectivity index (χ0n) is 9.89. The summed E-state index contributed by atoms with van der Waals surface area (Å²) in [6, 6.07) is 10.5. The minimum absolute atomic E-state index is 0. The number of hydrogen-bond donors (Lipinski definition) is 3. The van der Waals surface area contributed by atoms with Crippen LogP contribution in [-0.2, 0) is 6.42 Å². The lowest BCUT2D eigenvalue weighted by atomic mass is 10.1. The molecular formula is C12H22Cl2N2O. The molecule has 3 nitrogen and oxygen atoms in total. The van der Waals surface area contributed by atoms with Crippen molar-refractivity contribution in [2.45, 2.75) is 6.42 Å². The normalized spacial score (nSPS) is 9.24. The van der Waals surface area contributed by atoms with Crippen molar-refractivity contribution in [2.24, 2.45) is 0 Å². The van der Waals surface area contributed by atoms with Crippen LogP contribution in [0, 0.1) is 0 Å². The summed E-state index contributed by atoms with van der Waals surface area (Å²) >= 11 is 0. The predicted octanol–water partition coefficient (Wildman–Crippen LogP) is 1.24. The lowest BCUT2D eigenvalue weighted by Gasteiger charge is -2.05. The maximum atomic E-state index is 8.53. The molecule has 0 aromatic heterocycles. The molecule has 0 saturated carbocycles. The third kappa shape index (κ3) is 10.5. The molecule has 3 N–H and O–H groups in total. The summed E-state index contributed by atoms with van der Waals surface area (Å²) < 4.78 is 0. The third-order valence-electron chi connectivity index (χ3n) is 2.20. The van der Waals surface area contributed by atoms with Crippen LogP contribution in [0.1, 0.15) is 5.56 Å². The molecule has 0 fully saturated rings. The molecule has 17 heavy (non-hydrogen) atoms. The predicted molar refractivity (Wildman–Crippen MR) is 77.5 cm³/mol. The van der Waals surface area contributed by atoms with Gasteiger partial charge in [0.15, 0.2) is 0 Å². The average Bonchev–Trinajstić information content (AvgIpc) is 2.29. The summed E-state index contributed by atoms with van der Waals surface area (Å²) in [5.74, 6) is 0. The van der Waals surface area contributed by atoms with Gasteiger partial charge in [-0.05, 0) is 18.5 Å². The van der Waals surface area contributed by atoms with Gasteiger partial charge in [0.1, 0.15) is 0 Å². The topological polar surface area (TPSA) is 44.3 Å². The second-order valence-electron chi connectivity index (χ2n) is 3.46. The van der Waals surface area contributed by atoms with E-state index in [-0.39, 0.29) is 31.4 Å². The van der Waals surface area contributed by atoms with Gasteiger partial charge in [-0.3, -0.25) is 0 Å². The highest BCUT2D eigenvalue weighted by Crippen LogP contribution is 1.97. The van der Waals surface area contributed by atoms with E-state index in [1.807, 2.05) is 6.07 Å². The largest absolute Gasteiger partial charge is 0.395 e. The van der Waals surface area contributed by atoms with Crippen molar-refractivity contribution in [3.63, 3.8) is 0 Å². The summed E-state index contributed by atoms with van der Waals surface area (Å²) in [4.78, 5) is 0. The summed E-state index contributed by atoms with van der Waals surface area (Å²) in [5, 5.41) is 15.0. The van der Waals surface area contributed by atoms with Crippen LogP contribution in [0.3, 0.4) is 0 Å². The van der Waals surface area contributed by atoms with Crippen molar-refractivity contribution < 1.29 is 5.11 Å². The Morgan fingerprint density at radius 2 is 1.41 bits per heavy atom. The van der Waals surface area contributed by atoms with Crippen LogP contribution in [-0.4, -0.2) is 37.9 Å². The first-order chi connectivity index (χ1) is 7.43. The van der Waals surface area contributed by atoms with Crippen molar-refractivity contribution >= 4 is 24.8 Å². The molecule has 0 amide bonds. The van der Waals surface area contributed by atoms with E-state index < -0.39 is 0 Å². The van der Waals surface area contributed by atoms with Gasteiger partial charge in [-0.25, -0.2) is 0 Å². The number of nitrogens with one attached hydrogen (secondary N) is 2. The van der Waals surface area contributed by atoms with E-state index in [0.29, 0.717) is 6.54 Å². The molecule has 0 bridgehead atoms. The number of hydrogen-bond acceptors (Lipinski definition) is 3. The van der Waals surface area contributed by atoms with Crippen LogP contribution in [0.25, 0.3) is 0 Å². The van der Waals surface area contributed by atoms with Gasteiger partial charge in [0.05, 0.1) is 6.61 Å². The molecular weight excluding hydrogens is 259 g/mol. The second kappa shape index (κ2) is 13.7. The smallest absolute Gasteiger partial charge is 0.0555 e. The molecule has 5 heteroatoms. The molecule has 0 radical (unpaired) electrons. The molecule has 0 unspecified atom stereocenters. The molecule has 0 aliphatic heterocycles. The molecule has 0 heterocycles. The molecule has 0 saturated heterocycles.